The predicted octanol–water partition coefficient (Wildman–Crippen LogP) is 2.53. The molecule has 0 bridgehead atoms. The van der Waals surface area contributed by atoms with Gasteiger partial charge in [0.05, 0.1) is 23.9 Å². The molecular weight excluding hydrogens is 302 g/mol. The third-order valence-electron chi connectivity index (χ3n) is 4.31. The van der Waals surface area contributed by atoms with Crippen LogP contribution in [0, 0.1) is 5.92 Å². The first-order chi connectivity index (χ1) is 10.7. The van der Waals surface area contributed by atoms with Gasteiger partial charge < -0.3 is 15.0 Å². The molecule has 1 aromatic carbocycles. The van der Waals surface area contributed by atoms with Gasteiger partial charge in [0.1, 0.15) is 0 Å². The number of rotatable bonds is 3. The number of nitrogens with zero attached hydrogens (tertiary/aromatic N) is 2. The van der Waals surface area contributed by atoms with E-state index in [1.165, 1.54) is 0 Å². The number of morpholine rings is 1. The van der Waals surface area contributed by atoms with Crippen molar-refractivity contribution in [3.8, 4) is 0 Å². The first-order valence-corrected chi connectivity index (χ1v) is 8.21. The lowest BCUT2D eigenvalue weighted by Crippen LogP contribution is -2.40. The molecular formula is C16H22ClN3O2. The molecule has 6 heteroatoms. The first kappa shape index (κ1) is 15.6. The van der Waals surface area contributed by atoms with Gasteiger partial charge in [-0.15, -0.1) is 0 Å². The Morgan fingerprint density at radius 2 is 2.05 bits per heavy atom. The number of carbonyl (C=O) groups is 1. The average Bonchev–Trinajstić information content (AvgIpc) is 2.99. The summed E-state index contributed by atoms with van der Waals surface area (Å²) < 4.78 is 5.37. The van der Waals surface area contributed by atoms with E-state index >= 15 is 0 Å². The average molecular weight is 324 g/mol. The zero-order valence-corrected chi connectivity index (χ0v) is 13.4. The quantitative estimate of drug-likeness (QED) is 0.929. The zero-order valence-electron chi connectivity index (χ0n) is 12.6. The van der Waals surface area contributed by atoms with Gasteiger partial charge in [0, 0.05) is 32.7 Å². The van der Waals surface area contributed by atoms with Crippen LogP contribution in [0.25, 0.3) is 0 Å². The van der Waals surface area contributed by atoms with E-state index in [0.717, 1.165) is 52.4 Å². The topological polar surface area (TPSA) is 44.8 Å². The van der Waals surface area contributed by atoms with Crippen molar-refractivity contribution in [3.63, 3.8) is 0 Å². The number of carbonyl (C=O) groups excluding carboxylic acids is 1. The van der Waals surface area contributed by atoms with Gasteiger partial charge in [0.2, 0.25) is 0 Å². The molecule has 0 aliphatic carbocycles. The third kappa shape index (κ3) is 3.91. The Morgan fingerprint density at radius 1 is 1.27 bits per heavy atom. The first-order valence-electron chi connectivity index (χ1n) is 7.83. The van der Waals surface area contributed by atoms with E-state index in [-0.39, 0.29) is 6.03 Å². The summed E-state index contributed by atoms with van der Waals surface area (Å²) in [5, 5.41) is 3.47. The second kappa shape index (κ2) is 7.31. The van der Waals surface area contributed by atoms with Gasteiger partial charge in [-0.05, 0) is 24.5 Å². The fourth-order valence-corrected chi connectivity index (χ4v) is 3.25. The number of urea groups is 1. The van der Waals surface area contributed by atoms with Crippen LogP contribution in [0.3, 0.4) is 0 Å². The van der Waals surface area contributed by atoms with Crippen molar-refractivity contribution in [3.05, 3.63) is 29.3 Å². The van der Waals surface area contributed by atoms with E-state index in [4.69, 9.17) is 16.3 Å². The van der Waals surface area contributed by atoms with Gasteiger partial charge in [-0.3, -0.25) is 4.90 Å². The summed E-state index contributed by atoms with van der Waals surface area (Å²) >= 11 is 6.08. The van der Waals surface area contributed by atoms with Crippen LogP contribution < -0.4 is 5.32 Å². The van der Waals surface area contributed by atoms with Crippen molar-refractivity contribution in [1.29, 1.82) is 0 Å². The number of ether oxygens (including phenoxy) is 1. The number of halogens is 1. The van der Waals surface area contributed by atoms with Crippen LogP contribution in [0.1, 0.15) is 6.42 Å². The largest absolute Gasteiger partial charge is 0.379 e. The highest BCUT2D eigenvalue weighted by molar-refractivity contribution is 6.33. The fraction of sp³-hybridized carbons (Fsp3) is 0.562. The van der Waals surface area contributed by atoms with E-state index in [0.29, 0.717) is 16.6 Å². The molecule has 3 rings (SSSR count). The standard InChI is InChI=1S/C16H22ClN3O2/c17-14-3-1-2-4-15(14)18-16(21)20-6-5-13(12-20)11-19-7-9-22-10-8-19/h1-4,13H,5-12H2,(H,18,21)/t13-/m0/s1. The Bertz CT molecular complexity index is 520. The number of benzene rings is 1. The van der Waals surface area contributed by atoms with Crippen molar-refractivity contribution in [1.82, 2.24) is 9.80 Å². The Morgan fingerprint density at radius 3 is 2.82 bits per heavy atom. The minimum atomic E-state index is -0.0578. The molecule has 0 spiro atoms. The number of para-hydroxylation sites is 1. The van der Waals surface area contributed by atoms with Gasteiger partial charge >= 0.3 is 6.03 Å². The summed E-state index contributed by atoms with van der Waals surface area (Å²) in [4.78, 5) is 16.6. The summed E-state index contributed by atoms with van der Waals surface area (Å²) in [6.45, 7) is 6.33. The molecule has 2 saturated heterocycles. The maximum atomic E-state index is 12.3. The molecule has 120 valence electrons. The maximum absolute atomic E-state index is 12.3. The van der Waals surface area contributed by atoms with Crippen LogP contribution in [-0.4, -0.2) is 61.8 Å². The molecule has 2 aliphatic heterocycles. The van der Waals surface area contributed by atoms with Gasteiger partial charge in [-0.2, -0.15) is 0 Å². The fourth-order valence-electron chi connectivity index (χ4n) is 3.07. The van der Waals surface area contributed by atoms with Gasteiger partial charge in [-0.25, -0.2) is 4.79 Å². The molecule has 2 fully saturated rings. The highest BCUT2D eigenvalue weighted by Crippen LogP contribution is 2.23. The maximum Gasteiger partial charge on any atom is 0.321 e. The molecule has 22 heavy (non-hydrogen) atoms. The van der Waals surface area contributed by atoms with Crippen molar-refractivity contribution >= 4 is 23.3 Å². The molecule has 2 aliphatic rings. The Labute approximate surface area is 136 Å². The van der Waals surface area contributed by atoms with Crippen molar-refractivity contribution in [2.24, 2.45) is 5.92 Å². The molecule has 0 aromatic heterocycles. The van der Waals surface area contributed by atoms with E-state index in [1.54, 1.807) is 6.07 Å². The van der Waals surface area contributed by atoms with Crippen molar-refractivity contribution in [2.45, 2.75) is 6.42 Å². The van der Waals surface area contributed by atoms with E-state index in [2.05, 4.69) is 10.2 Å². The smallest absolute Gasteiger partial charge is 0.321 e. The molecule has 0 radical (unpaired) electrons. The SMILES string of the molecule is O=C(Nc1ccccc1Cl)N1CC[C@@H](CN2CCOCC2)C1. The van der Waals surface area contributed by atoms with Crippen LogP contribution in [-0.2, 0) is 4.74 Å². The number of likely N-dealkylation sites (tertiary alicyclic amines) is 1. The Kier molecular flexibility index (Phi) is 5.18. The summed E-state index contributed by atoms with van der Waals surface area (Å²) in [6.07, 6.45) is 1.06. The lowest BCUT2D eigenvalue weighted by molar-refractivity contribution is 0.0314. The van der Waals surface area contributed by atoms with Crippen LogP contribution in [0.4, 0.5) is 10.5 Å². The van der Waals surface area contributed by atoms with E-state index < -0.39 is 0 Å². The van der Waals surface area contributed by atoms with Crippen LogP contribution in [0.2, 0.25) is 5.02 Å². The minimum absolute atomic E-state index is 0.0578. The molecule has 2 amide bonds. The number of anilines is 1. The van der Waals surface area contributed by atoms with Crippen LogP contribution in [0.5, 0.6) is 0 Å². The predicted molar refractivity (Wildman–Crippen MR) is 87.4 cm³/mol. The van der Waals surface area contributed by atoms with Crippen molar-refractivity contribution < 1.29 is 9.53 Å². The van der Waals surface area contributed by atoms with E-state index in [9.17, 15) is 4.79 Å². The molecule has 1 atom stereocenters. The second-order valence-corrected chi connectivity index (χ2v) is 6.33. The van der Waals surface area contributed by atoms with Gasteiger partial charge in [0.25, 0.3) is 0 Å². The van der Waals surface area contributed by atoms with Gasteiger partial charge in [0.15, 0.2) is 0 Å². The highest BCUT2D eigenvalue weighted by atomic mass is 35.5. The van der Waals surface area contributed by atoms with Crippen molar-refractivity contribution in [2.75, 3.05) is 51.3 Å². The summed E-state index contributed by atoms with van der Waals surface area (Å²) in [5.74, 6) is 0.551. The third-order valence-corrected chi connectivity index (χ3v) is 4.64. The molecule has 5 nitrogen and oxygen atoms in total. The van der Waals surface area contributed by atoms with Gasteiger partial charge in [-0.1, -0.05) is 23.7 Å². The zero-order chi connectivity index (χ0) is 15.4. The number of amides is 2. The lowest BCUT2D eigenvalue weighted by Gasteiger charge is -2.29. The summed E-state index contributed by atoms with van der Waals surface area (Å²) in [6, 6.07) is 7.26. The molecule has 1 aromatic rings. The summed E-state index contributed by atoms with van der Waals surface area (Å²) in [7, 11) is 0. The monoisotopic (exact) mass is 323 g/mol. The van der Waals surface area contributed by atoms with Crippen LogP contribution >= 0.6 is 11.6 Å². The Hall–Kier alpha value is -1.30. The molecule has 1 N–H and O–H groups in total. The number of hydrogen-bond donors (Lipinski definition) is 1. The normalized spacial score (nSPS) is 22.8. The number of nitrogens with one attached hydrogen (secondary N) is 1. The minimum Gasteiger partial charge on any atom is -0.379 e. The highest BCUT2D eigenvalue weighted by Gasteiger charge is 2.28. The molecule has 0 unspecified atom stereocenters. The summed E-state index contributed by atoms with van der Waals surface area (Å²) in [5.41, 5.74) is 0.672. The van der Waals surface area contributed by atoms with E-state index in [1.807, 2.05) is 23.1 Å². The number of hydrogen-bond acceptors (Lipinski definition) is 3. The Balaban J connectivity index is 1.49. The molecule has 0 saturated carbocycles. The second-order valence-electron chi connectivity index (χ2n) is 5.92. The lowest BCUT2D eigenvalue weighted by atomic mass is 10.1. The van der Waals surface area contributed by atoms with Crippen LogP contribution in [0.15, 0.2) is 24.3 Å². The molecule has 2 heterocycles.